The highest BCUT2D eigenvalue weighted by Crippen LogP contribution is 2.24. The predicted octanol–water partition coefficient (Wildman–Crippen LogP) is 5.88. The van der Waals surface area contributed by atoms with Crippen LogP contribution in [-0.4, -0.2) is 35.9 Å². The van der Waals surface area contributed by atoms with E-state index in [0.29, 0.717) is 35.8 Å². The second-order valence-electron chi connectivity index (χ2n) is 9.35. The van der Waals surface area contributed by atoms with E-state index in [2.05, 4.69) is 10.4 Å². The fraction of sp³-hybridized carbons (Fsp3) is 0.219. The van der Waals surface area contributed by atoms with Crippen molar-refractivity contribution in [2.45, 2.75) is 33.9 Å². The van der Waals surface area contributed by atoms with Gasteiger partial charge in [-0.25, -0.2) is 4.79 Å². The van der Waals surface area contributed by atoms with E-state index in [1.54, 1.807) is 30.0 Å². The molecule has 8 nitrogen and oxygen atoms in total. The van der Waals surface area contributed by atoms with Crippen molar-refractivity contribution in [2.75, 3.05) is 19.5 Å². The molecule has 4 aromatic rings. The maximum atomic E-state index is 12.8. The van der Waals surface area contributed by atoms with E-state index in [1.807, 2.05) is 75.4 Å². The van der Waals surface area contributed by atoms with Gasteiger partial charge in [0.15, 0.2) is 0 Å². The molecule has 0 saturated heterocycles. The highest BCUT2D eigenvalue weighted by molar-refractivity contribution is 6.02. The summed E-state index contributed by atoms with van der Waals surface area (Å²) >= 11 is 0. The number of aryl methyl sites for hydroxylation is 2. The molecule has 0 saturated carbocycles. The number of carbonyl (C=O) groups excluding carboxylic acids is 2. The molecule has 1 N–H and O–H groups in total. The molecule has 0 aliphatic heterocycles. The summed E-state index contributed by atoms with van der Waals surface area (Å²) in [5.74, 6) is 0.794. The molecule has 40 heavy (non-hydrogen) atoms. The van der Waals surface area contributed by atoms with Crippen LogP contribution >= 0.6 is 0 Å². The Labute approximate surface area is 234 Å². The van der Waals surface area contributed by atoms with E-state index >= 15 is 0 Å². The monoisotopic (exact) mass is 539 g/mol. The number of rotatable bonds is 10. The molecule has 8 heteroatoms. The molecule has 0 aliphatic carbocycles. The van der Waals surface area contributed by atoms with Crippen molar-refractivity contribution in [3.8, 4) is 11.5 Å². The molecule has 206 valence electrons. The summed E-state index contributed by atoms with van der Waals surface area (Å²) in [6, 6.07) is 20.8. The van der Waals surface area contributed by atoms with Gasteiger partial charge in [-0.1, -0.05) is 42.0 Å². The number of ether oxygens (including phenoxy) is 3. The molecule has 0 unspecified atom stereocenters. The molecule has 1 heterocycles. The molecule has 0 fully saturated rings. The molecule has 0 aliphatic rings. The standard InChI is InChI=1S/C32H33N3O5/c1-21-10-14-27(15-11-21)40-20-26-18-24(12-16-29(26)38-4)13-17-30(36)33-31-22(2)34-35(23(31)3)19-25-8-6-7-9-28(25)32(37)39-5/h6-18H,19-20H2,1-5H3,(H,33,36)/b17-13+. The number of esters is 1. The van der Waals surface area contributed by atoms with E-state index in [1.165, 1.54) is 13.2 Å². The number of nitrogens with zero attached hydrogens (tertiary/aromatic N) is 2. The summed E-state index contributed by atoms with van der Waals surface area (Å²) in [6.07, 6.45) is 3.22. The summed E-state index contributed by atoms with van der Waals surface area (Å²) in [5, 5.41) is 7.52. The smallest absolute Gasteiger partial charge is 0.338 e. The van der Waals surface area contributed by atoms with Crippen LogP contribution < -0.4 is 14.8 Å². The van der Waals surface area contributed by atoms with Gasteiger partial charge in [0, 0.05) is 11.6 Å². The van der Waals surface area contributed by atoms with Crippen LogP contribution in [0.1, 0.15) is 44.0 Å². The Balaban J connectivity index is 1.45. The average Bonchev–Trinajstić information content (AvgIpc) is 3.22. The van der Waals surface area contributed by atoms with Crippen molar-refractivity contribution in [1.82, 2.24) is 9.78 Å². The molecule has 1 aromatic heterocycles. The zero-order valence-electron chi connectivity index (χ0n) is 23.4. The van der Waals surface area contributed by atoms with E-state index < -0.39 is 5.97 Å². The molecule has 0 atom stereocenters. The number of anilines is 1. The van der Waals surface area contributed by atoms with Crippen LogP contribution in [0.5, 0.6) is 11.5 Å². The number of amides is 1. The van der Waals surface area contributed by atoms with E-state index in [0.717, 1.165) is 33.7 Å². The molecule has 0 radical (unpaired) electrons. The van der Waals surface area contributed by atoms with Gasteiger partial charge in [0.05, 0.1) is 43.4 Å². The first-order valence-corrected chi connectivity index (χ1v) is 12.8. The van der Waals surface area contributed by atoms with Gasteiger partial charge in [-0.3, -0.25) is 9.48 Å². The topological polar surface area (TPSA) is 91.7 Å². The Morgan fingerprint density at radius 2 is 1.70 bits per heavy atom. The lowest BCUT2D eigenvalue weighted by Gasteiger charge is -2.11. The lowest BCUT2D eigenvalue weighted by atomic mass is 10.1. The minimum atomic E-state index is -0.404. The average molecular weight is 540 g/mol. The van der Waals surface area contributed by atoms with Gasteiger partial charge < -0.3 is 19.5 Å². The maximum absolute atomic E-state index is 12.8. The number of nitrogens with one attached hydrogen (secondary N) is 1. The zero-order valence-corrected chi connectivity index (χ0v) is 23.4. The number of hydrogen-bond donors (Lipinski definition) is 1. The third-order valence-corrected chi connectivity index (χ3v) is 6.52. The second kappa shape index (κ2) is 12.8. The minimum absolute atomic E-state index is 0.283. The fourth-order valence-corrected chi connectivity index (χ4v) is 4.31. The predicted molar refractivity (Wildman–Crippen MR) is 155 cm³/mol. The van der Waals surface area contributed by atoms with Crippen LogP contribution in [0.3, 0.4) is 0 Å². The Bertz CT molecular complexity index is 1540. The number of hydrogen-bond acceptors (Lipinski definition) is 6. The molecule has 3 aromatic carbocycles. The highest BCUT2D eigenvalue weighted by Gasteiger charge is 2.17. The first-order valence-electron chi connectivity index (χ1n) is 12.8. The van der Waals surface area contributed by atoms with Crippen LogP contribution in [0.25, 0.3) is 6.08 Å². The van der Waals surface area contributed by atoms with E-state index in [4.69, 9.17) is 14.2 Å². The van der Waals surface area contributed by atoms with Gasteiger partial charge in [-0.05, 0) is 68.3 Å². The normalized spacial score (nSPS) is 10.9. The third-order valence-electron chi connectivity index (χ3n) is 6.52. The molecule has 0 spiro atoms. The SMILES string of the molecule is COC(=O)c1ccccc1Cn1nc(C)c(NC(=O)/C=C/c2ccc(OC)c(COc3ccc(C)cc3)c2)c1C. The van der Waals surface area contributed by atoms with Crippen molar-refractivity contribution in [2.24, 2.45) is 0 Å². The lowest BCUT2D eigenvalue weighted by molar-refractivity contribution is -0.111. The van der Waals surface area contributed by atoms with Crippen molar-refractivity contribution < 1.29 is 23.8 Å². The van der Waals surface area contributed by atoms with Crippen LogP contribution in [0.4, 0.5) is 5.69 Å². The zero-order chi connectivity index (χ0) is 28.6. The fourth-order valence-electron chi connectivity index (χ4n) is 4.31. The minimum Gasteiger partial charge on any atom is -0.496 e. The Morgan fingerprint density at radius 3 is 2.42 bits per heavy atom. The Kier molecular flexibility index (Phi) is 9.01. The molecular formula is C32H33N3O5. The summed E-state index contributed by atoms with van der Waals surface area (Å²) in [6.45, 7) is 6.43. The summed E-state index contributed by atoms with van der Waals surface area (Å²) in [4.78, 5) is 25.0. The first-order chi connectivity index (χ1) is 19.3. The van der Waals surface area contributed by atoms with Crippen LogP contribution in [0, 0.1) is 20.8 Å². The van der Waals surface area contributed by atoms with E-state index in [9.17, 15) is 9.59 Å². The molecule has 1 amide bonds. The summed E-state index contributed by atoms with van der Waals surface area (Å²) < 4.78 is 18.1. The number of aromatic nitrogens is 2. The number of carbonyl (C=O) groups is 2. The van der Waals surface area contributed by atoms with Gasteiger partial charge in [0.1, 0.15) is 18.1 Å². The number of benzene rings is 3. The van der Waals surface area contributed by atoms with E-state index in [-0.39, 0.29) is 5.91 Å². The van der Waals surface area contributed by atoms with Crippen molar-refractivity contribution >= 4 is 23.6 Å². The second-order valence-corrected chi connectivity index (χ2v) is 9.35. The molecule has 0 bridgehead atoms. The first kappa shape index (κ1) is 28.2. The summed E-state index contributed by atoms with van der Waals surface area (Å²) in [7, 11) is 2.97. The molecular weight excluding hydrogens is 506 g/mol. The Hall–Kier alpha value is -4.85. The summed E-state index contributed by atoms with van der Waals surface area (Å²) in [5.41, 5.74) is 6.21. The Morgan fingerprint density at radius 1 is 0.950 bits per heavy atom. The van der Waals surface area contributed by atoms with Crippen LogP contribution in [-0.2, 0) is 22.7 Å². The van der Waals surface area contributed by atoms with Gasteiger partial charge >= 0.3 is 5.97 Å². The highest BCUT2D eigenvalue weighted by atomic mass is 16.5. The van der Waals surface area contributed by atoms with Crippen molar-refractivity contribution in [3.05, 3.63) is 112 Å². The van der Waals surface area contributed by atoms with Gasteiger partial charge in [0.25, 0.3) is 0 Å². The quantitative estimate of drug-likeness (QED) is 0.200. The molecule has 4 rings (SSSR count). The van der Waals surface area contributed by atoms with Gasteiger partial charge in [-0.2, -0.15) is 5.10 Å². The third kappa shape index (κ3) is 6.77. The van der Waals surface area contributed by atoms with Gasteiger partial charge in [-0.15, -0.1) is 0 Å². The number of methoxy groups -OCH3 is 2. The van der Waals surface area contributed by atoms with Gasteiger partial charge in [0.2, 0.25) is 5.91 Å². The van der Waals surface area contributed by atoms with Crippen molar-refractivity contribution in [1.29, 1.82) is 0 Å². The maximum Gasteiger partial charge on any atom is 0.338 e. The van der Waals surface area contributed by atoms with Crippen LogP contribution in [0.15, 0.2) is 72.8 Å². The van der Waals surface area contributed by atoms with Crippen molar-refractivity contribution in [3.63, 3.8) is 0 Å². The van der Waals surface area contributed by atoms with Crippen LogP contribution in [0.2, 0.25) is 0 Å². The largest absolute Gasteiger partial charge is 0.496 e. The lowest BCUT2D eigenvalue weighted by Crippen LogP contribution is -2.12.